The first-order valence-corrected chi connectivity index (χ1v) is 7.77. The van der Waals surface area contributed by atoms with E-state index in [4.69, 9.17) is 11.6 Å². The van der Waals surface area contributed by atoms with E-state index in [0.29, 0.717) is 10.7 Å². The first kappa shape index (κ1) is 16.4. The summed E-state index contributed by atoms with van der Waals surface area (Å²) >= 11 is 5.92. The number of nitrogens with one attached hydrogen (secondary N) is 2. The lowest BCUT2D eigenvalue weighted by Gasteiger charge is -2.19. The molecule has 1 atom stereocenters. The number of hydrogen-bond donors (Lipinski definition) is 2. The third kappa shape index (κ3) is 4.25. The molecule has 4 heteroatoms. The van der Waals surface area contributed by atoms with Crippen LogP contribution in [0, 0.1) is 13.8 Å². The van der Waals surface area contributed by atoms with Crippen molar-refractivity contribution in [3.63, 3.8) is 0 Å². The summed E-state index contributed by atoms with van der Waals surface area (Å²) in [6, 6.07) is 13.1. The van der Waals surface area contributed by atoms with Gasteiger partial charge in [0.2, 0.25) is 0 Å². The van der Waals surface area contributed by atoms with Crippen molar-refractivity contribution in [3.05, 3.63) is 64.2 Å². The number of benzene rings is 2. The van der Waals surface area contributed by atoms with Crippen molar-refractivity contribution in [1.82, 2.24) is 5.32 Å². The van der Waals surface area contributed by atoms with Crippen LogP contribution in [0.1, 0.15) is 36.1 Å². The summed E-state index contributed by atoms with van der Waals surface area (Å²) in [6.07, 6.45) is 0.825. The SMILES string of the molecule is CCC(NC(=O)Nc1cccc(Cl)c1)c1ccc(C)c(C)c1. The first-order chi connectivity index (χ1) is 10.5. The fourth-order valence-corrected chi connectivity index (χ4v) is 2.48. The van der Waals surface area contributed by atoms with Gasteiger partial charge in [0.15, 0.2) is 0 Å². The molecule has 2 N–H and O–H groups in total. The fraction of sp³-hybridized carbons (Fsp3) is 0.278. The highest BCUT2D eigenvalue weighted by Gasteiger charge is 2.13. The molecule has 0 aliphatic heterocycles. The molecule has 0 aromatic heterocycles. The van der Waals surface area contributed by atoms with Gasteiger partial charge in [0, 0.05) is 10.7 Å². The van der Waals surface area contributed by atoms with Gasteiger partial charge in [-0.3, -0.25) is 0 Å². The minimum absolute atomic E-state index is 0.0153. The van der Waals surface area contributed by atoms with Gasteiger partial charge < -0.3 is 10.6 Å². The summed E-state index contributed by atoms with van der Waals surface area (Å²) in [5.41, 5.74) is 4.28. The average molecular weight is 317 g/mol. The number of hydrogen-bond acceptors (Lipinski definition) is 1. The maximum Gasteiger partial charge on any atom is 0.319 e. The number of rotatable bonds is 4. The van der Waals surface area contributed by atoms with Gasteiger partial charge in [-0.1, -0.05) is 42.8 Å². The lowest BCUT2D eigenvalue weighted by Crippen LogP contribution is -2.32. The molecular formula is C18H21ClN2O. The molecule has 0 aliphatic carbocycles. The quantitative estimate of drug-likeness (QED) is 0.796. The Morgan fingerprint density at radius 2 is 1.91 bits per heavy atom. The molecule has 3 nitrogen and oxygen atoms in total. The van der Waals surface area contributed by atoms with E-state index >= 15 is 0 Å². The molecule has 2 amide bonds. The van der Waals surface area contributed by atoms with E-state index in [1.54, 1.807) is 18.2 Å². The lowest BCUT2D eigenvalue weighted by atomic mass is 9.99. The van der Waals surface area contributed by atoms with Crippen LogP contribution in [0.15, 0.2) is 42.5 Å². The number of aryl methyl sites for hydroxylation is 2. The maximum atomic E-state index is 12.2. The Morgan fingerprint density at radius 3 is 2.55 bits per heavy atom. The Balaban J connectivity index is 2.06. The third-order valence-corrected chi connectivity index (χ3v) is 3.96. The van der Waals surface area contributed by atoms with Crippen molar-refractivity contribution < 1.29 is 4.79 Å². The van der Waals surface area contributed by atoms with Crippen LogP contribution in [-0.2, 0) is 0 Å². The van der Waals surface area contributed by atoms with Crippen LogP contribution in [0.25, 0.3) is 0 Å². The molecule has 1 unspecified atom stereocenters. The van der Waals surface area contributed by atoms with Crippen molar-refractivity contribution in [3.8, 4) is 0 Å². The van der Waals surface area contributed by atoms with Crippen LogP contribution >= 0.6 is 11.6 Å². The van der Waals surface area contributed by atoms with Gasteiger partial charge in [-0.25, -0.2) is 4.79 Å². The minimum Gasteiger partial charge on any atom is -0.331 e. The Bertz CT molecular complexity index is 670. The Labute approximate surface area is 136 Å². The molecule has 0 radical (unpaired) electrons. The van der Waals surface area contributed by atoms with E-state index in [0.717, 1.165) is 12.0 Å². The highest BCUT2D eigenvalue weighted by Crippen LogP contribution is 2.20. The Hall–Kier alpha value is -2.00. The van der Waals surface area contributed by atoms with Crippen molar-refractivity contribution >= 4 is 23.3 Å². The molecule has 0 saturated heterocycles. The number of halogens is 1. The molecule has 22 heavy (non-hydrogen) atoms. The molecular weight excluding hydrogens is 296 g/mol. The third-order valence-electron chi connectivity index (χ3n) is 3.73. The smallest absolute Gasteiger partial charge is 0.319 e. The van der Waals surface area contributed by atoms with Gasteiger partial charge in [-0.2, -0.15) is 0 Å². The largest absolute Gasteiger partial charge is 0.331 e. The molecule has 2 aromatic carbocycles. The maximum absolute atomic E-state index is 12.2. The number of carbonyl (C=O) groups is 1. The van der Waals surface area contributed by atoms with Gasteiger partial charge in [0.05, 0.1) is 6.04 Å². The molecule has 2 rings (SSSR count). The van der Waals surface area contributed by atoms with E-state index in [1.165, 1.54) is 11.1 Å². The predicted molar refractivity (Wildman–Crippen MR) is 92.6 cm³/mol. The summed E-state index contributed by atoms with van der Waals surface area (Å²) in [6.45, 7) is 6.22. The fourth-order valence-electron chi connectivity index (χ4n) is 2.29. The topological polar surface area (TPSA) is 41.1 Å². The molecule has 0 spiro atoms. The average Bonchev–Trinajstić information content (AvgIpc) is 2.48. The van der Waals surface area contributed by atoms with Crippen LogP contribution in [-0.4, -0.2) is 6.03 Å². The van der Waals surface area contributed by atoms with Crippen LogP contribution in [0.5, 0.6) is 0 Å². The van der Waals surface area contributed by atoms with E-state index in [-0.39, 0.29) is 12.1 Å². The standard InChI is InChI=1S/C18H21ClN2O/c1-4-17(14-9-8-12(2)13(3)10-14)21-18(22)20-16-7-5-6-15(19)11-16/h5-11,17H,4H2,1-3H3,(H2,20,21,22). The van der Waals surface area contributed by atoms with Gasteiger partial charge in [-0.15, -0.1) is 0 Å². The van der Waals surface area contributed by atoms with Gasteiger partial charge in [0.1, 0.15) is 0 Å². The normalized spacial score (nSPS) is 11.8. The van der Waals surface area contributed by atoms with Crippen LogP contribution in [0.3, 0.4) is 0 Å². The second-order valence-corrected chi connectivity index (χ2v) is 5.85. The summed E-state index contributed by atoms with van der Waals surface area (Å²) < 4.78 is 0. The highest BCUT2D eigenvalue weighted by atomic mass is 35.5. The Morgan fingerprint density at radius 1 is 1.14 bits per heavy atom. The predicted octanol–water partition coefficient (Wildman–Crippen LogP) is 5.23. The molecule has 0 saturated carbocycles. The lowest BCUT2D eigenvalue weighted by molar-refractivity contribution is 0.248. The molecule has 2 aromatic rings. The van der Waals surface area contributed by atoms with E-state index < -0.39 is 0 Å². The number of carbonyl (C=O) groups excluding carboxylic acids is 1. The van der Waals surface area contributed by atoms with Gasteiger partial charge in [0.25, 0.3) is 0 Å². The highest BCUT2D eigenvalue weighted by molar-refractivity contribution is 6.30. The molecule has 0 fully saturated rings. The molecule has 0 aliphatic rings. The molecule has 116 valence electrons. The summed E-state index contributed by atoms with van der Waals surface area (Å²) in [5, 5.41) is 6.41. The zero-order valence-corrected chi connectivity index (χ0v) is 13.9. The van der Waals surface area contributed by atoms with Gasteiger partial charge >= 0.3 is 6.03 Å². The number of anilines is 1. The summed E-state index contributed by atoms with van der Waals surface area (Å²) in [5.74, 6) is 0. The molecule has 0 bridgehead atoms. The van der Waals surface area contributed by atoms with Crippen LogP contribution < -0.4 is 10.6 Å². The van der Waals surface area contributed by atoms with E-state index in [9.17, 15) is 4.79 Å². The van der Waals surface area contributed by atoms with E-state index in [2.05, 4.69) is 49.6 Å². The second kappa shape index (κ2) is 7.32. The molecule has 0 heterocycles. The monoisotopic (exact) mass is 316 g/mol. The van der Waals surface area contributed by atoms with Crippen molar-refractivity contribution in [2.24, 2.45) is 0 Å². The van der Waals surface area contributed by atoms with Crippen molar-refractivity contribution in [2.75, 3.05) is 5.32 Å². The zero-order chi connectivity index (χ0) is 16.1. The first-order valence-electron chi connectivity index (χ1n) is 7.40. The van der Waals surface area contributed by atoms with Crippen molar-refractivity contribution in [1.29, 1.82) is 0 Å². The van der Waals surface area contributed by atoms with Gasteiger partial charge in [-0.05, 0) is 55.2 Å². The number of amides is 2. The van der Waals surface area contributed by atoms with Crippen LogP contribution in [0.2, 0.25) is 5.02 Å². The zero-order valence-electron chi connectivity index (χ0n) is 13.1. The summed E-state index contributed by atoms with van der Waals surface area (Å²) in [7, 11) is 0. The van der Waals surface area contributed by atoms with Crippen LogP contribution in [0.4, 0.5) is 10.5 Å². The second-order valence-electron chi connectivity index (χ2n) is 5.41. The minimum atomic E-state index is -0.229. The number of urea groups is 1. The van der Waals surface area contributed by atoms with Crippen molar-refractivity contribution in [2.45, 2.75) is 33.2 Å². The Kier molecular flexibility index (Phi) is 5.45. The summed E-state index contributed by atoms with van der Waals surface area (Å²) in [4.78, 5) is 12.2. The van der Waals surface area contributed by atoms with E-state index in [1.807, 2.05) is 6.07 Å².